The molecule has 5 heteroatoms. The van der Waals surface area contributed by atoms with Gasteiger partial charge >= 0.3 is 0 Å². The van der Waals surface area contributed by atoms with E-state index < -0.39 is 0 Å². The molecule has 0 aromatic carbocycles. The summed E-state index contributed by atoms with van der Waals surface area (Å²) in [6.45, 7) is 5.03. The third-order valence-electron chi connectivity index (χ3n) is 4.60. The van der Waals surface area contributed by atoms with E-state index in [0.717, 1.165) is 44.7 Å². The van der Waals surface area contributed by atoms with Crippen LogP contribution in [0.4, 0.5) is 0 Å². The Morgan fingerprint density at radius 2 is 2.35 bits per heavy atom. The highest BCUT2D eigenvalue weighted by atomic mass is 16.2. The average molecular weight is 276 g/mol. The van der Waals surface area contributed by atoms with Crippen molar-refractivity contribution in [1.29, 1.82) is 0 Å². The van der Waals surface area contributed by atoms with Gasteiger partial charge in [-0.1, -0.05) is 13.3 Å². The lowest BCUT2D eigenvalue weighted by molar-refractivity contribution is -0.128. The molecule has 2 aliphatic heterocycles. The van der Waals surface area contributed by atoms with Gasteiger partial charge in [-0.05, 0) is 32.4 Å². The Hall–Kier alpha value is -1.36. The molecular weight excluding hydrogens is 252 g/mol. The van der Waals surface area contributed by atoms with Gasteiger partial charge in [0.1, 0.15) is 5.82 Å². The normalized spacial score (nSPS) is 27.1. The van der Waals surface area contributed by atoms with Gasteiger partial charge < -0.3 is 9.88 Å². The number of hydrogen-bond donors (Lipinski definition) is 1. The summed E-state index contributed by atoms with van der Waals surface area (Å²) in [5.74, 6) is 1.36. The van der Waals surface area contributed by atoms with Crippen molar-refractivity contribution in [3.05, 3.63) is 18.2 Å². The van der Waals surface area contributed by atoms with E-state index in [-0.39, 0.29) is 18.0 Å². The summed E-state index contributed by atoms with van der Waals surface area (Å²) in [5.41, 5.74) is 0. The first kappa shape index (κ1) is 13.6. The van der Waals surface area contributed by atoms with E-state index in [4.69, 9.17) is 0 Å². The first-order chi connectivity index (χ1) is 9.78. The highest BCUT2D eigenvalue weighted by molar-refractivity contribution is 5.82. The van der Waals surface area contributed by atoms with Gasteiger partial charge in [0.2, 0.25) is 5.91 Å². The predicted octanol–water partition coefficient (Wildman–Crippen LogP) is 1.19. The zero-order chi connectivity index (χ0) is 13.9. The molecule has 20 heavy (non-hydrogen) atoms. The molecule has 3 rings (SSSR count). The summed E-state index contributed by atoms with van der Waals surface area (Å²) in [4.78, 5) is 19.1. The molecule has 1 N–H and O–H groups in total. The predicted molar refractivity (Wildman–Crippen MR) is 77.4 cm³/mol. The summed E-state index contributed by atoms with van der Waals surface area (Å²) in [6, 6.07) is 0.336. The summed E-state index contributed by atoms with van der Waals surface area (Å²) in [5, 5.41) is 3.25. The summed E-state index contributed by atoms with van der Waals surface area (Å²) >= 11 is 0. The highest BCUT2D eigenvalue weighted by Gasteiger charge is 2.29. The van der Waals surface area contributed by atoms with E-state index >= 15 is 0 Å². The molecule has 3 heterocycles. The Kier molecular flexibility index (Phi) is 4.05. The van der Waals surface area contributed by atoms with Gasteiger partial charge in [0, 0.05) is 31.4 Å². The van der Waals surface area contributed by atoms with Crippen molar-refractivity contribution >= 4 is 5.91 Å². The number of amides is 1. The fourth-order valence-corrected chi connectivity index (χ4v) is 3.45. The molecule has 0 bridgehead atoms. The molecule has 2 aliphatic rings. The number of aromatic nitrogens is 2. The Labute approximate surface area is 120 Å². The fourth-order valence-electron chi connectivity index (χ4n) is 3.45. The fraction of sp³-hybridized carbons (Fsp3) is 0.733. The Balaban J connectivity index is 1.59. The Bertz CT molecular complexity index is 470. The number of piperidine rings is 1. The van der Waals surface area contributed by atoms with Crippen LogP contribution >= 0.6 is 0 Å². The molecule has 0 unspecified atom stereocenters. The second kappa shape index (κ2) is 5.95. The van der Waals surface area contributed by atoms with Crippen LogP contribution in [0.1, 0.15) is 38.4 Å². The van der Waals surface area contributed by atoms with Gasteiger partial charge in [-0.3, -0.25) is 9.69 Å². The van der Waals surface area contributed by atoms with Crippen LogP contribution in [-0.2, 0) is 17.8 Å². The van der Waals surface area contributed by atoms with Crippen molar-refractivity contribution in [3.63, 3.8) is 0 Å². The summed E-state index contributed by atoms with van der Waals surface area (Å²) in [7, 11) is 0. The van der Waals surface area contributed by atoms with Crippen LogP contribution in [0, 0.1) is 0 Å². The number of nitrogens with one attached hydrogen (secondary N) is 1. The minimum absolute atomic E-state index is 0.0814. The molecule has 1 amide bonds. The number of aryl methyl sites for hydroxylation is 1. The van der Waals surface area contributed by atoms with Crippen molar-refractivity contribution in [2.45, 2.75) is 57.7 Å². The van der Waals surface area contributed by atoms with Gasteiger partial charge in [-0.15, -0.1) is 0 Å². The number of carbonyl (C=O) groups is 1. The third-order valence-corrected chi connectivity index (χ3v) is 4.60. The number of nitrogens with zero attached hydrogens (tertiary/aromatic N) is 3. The van der Waals surface area contributed by atoms with Gasteiger partial charge in [-0.2, -0.15) is 0 Å². The quantitative estimate of drug-likeness (QED) is 0.902. The Morgan fingerprint density at radius 3 is 3.20 bits per heavy atom. The minimum atomic E-state index is 0.0814. The molecule has 0 radical (unpaired) electrons. The SMILES string of the molecule is CCN1CCCC[C@H]1C(=O)N[C@@H]1CCc2nccn2C1. The third kappa shape index (κ3) is 2.73. The topological polar surface area (TPSA) is 50.2 Å². The van der Waals surface area contributed by atoms with E-state index in [1.807, 2.05) is 12.4 Å². The van der Waals surface area contributed by atoms with Crippen molar-refractivity contribution in [1.82, 2.24) is 19.8 Å². The second-order valence-electron chi connectivity index (χ2n) is 5.88. The second-order valence-corrected chi connectivity index (χ2v) is 5.88. The largest absolute Gasteiger partial charge is 0.350 e. The molecule has 2 atom stereocenters. The van der Waals surface area contributed by atoms with E-state index in [1.165, 1.54) is 12.8 Å². The molecule has 1 fully saturated rings. The van der Waals surface area contributed by atoms with E-state index in [2.05, 4.69) is 26.7 Å². The maximum Gasteiger partial charge on any atom is 0.237 e. The number of carbonyl (C=O) groups excluding carboxylic acids is 1. The standard InChI is InChI=1S/C15H24N4O/c1-2-18-9-4-3-5-13(18)15(20)17-12-6-7-14-16-8-10-19(14)11-12/h8,10,12-13H,2-7,9,11H2,1H3,(H,17,20)/t12-,13+/m1/s1. The van der Waals surface area contributed by atoms with E-state index in [1.54, 1.807) is 0 Å². The summed E-state index contributed by atoms with van der Waals surface area (Å²) < 4.78 is 2.16. The Morgan fingerprint density at radius 1 is 1.45 bits per heavy atom. The monoisotopic (exact) mass is 276 g/mol. The first-order valence-electron chi connectivity index (χ1n) is 7.82. The lowest BCUT2D eigenvalue weighted by Crippen LogP contribution is -2.52. The van der Waals surface area contributed by atoms with Crippen molar-refractivity contribution in [2.24, 2.45) is 0 Å². The van der Waals surface area contributed by atoms with Crippen molar-refractivity contribution in [3.8, 4) is 0 Å². The zero-order valence-corrected chi connectivity index (χ0v) is 12.2. The lowest BCUT2D eigenvalue weighted by Gasteiger charge is -2.35. The van der Waals surface area contributed by atoms with Crippen LogP contribution in [0.15, 0.2) is 12.4 Å². The molecule has 1 aromatic rings. The maximum atomic E-state index is 12.5. The molecule has 0 spiro atoms. The van der Waals surface area contributed by atoms with Gasteiger partial charge in [0.05, 0.1) is 6.04 Å². The van der Waals surface area contributed by atoms with Gasteiger partial charge in [-0.25, -0.2) is 4.98 Å². The average Bonchev–Trinajstić information content (AvgIpc) is 2.94. The number of likely N-dealkylation sites (N-methyl/N-ethyl adjacent to an activating group) is 1. The van der Waals surface area contributed by atoms with Crippen LogP contribution in [0.2, 0.25) is 0 Å². The van der Waals surface area contributed by atoms with Gasteiger partial charge in [0.25, 0.3) is 0 Å². The molecule has 5 nitrogen and oxygen atoms in total. The number of imidazole rings is 1. The molecule has 1 aromatic heterocycles. The van der Waals surface area contributed by atoms with E-state index in [0.29, 0.717) is 0 Å². The van der Waals surface area contributed by atoms with Crippen LogP contribution in [-0.4, -0.2) is 45.5 Å². The molecule has 0 aliphatic carbocycles. The number of likely N-dealkylation sites (tertiary alicyclic amines) is 1. The zero-order valence-electron chi connectivity index (χ0n) is 12.2. The summed E-state index contributed by atoms with van der Waals surface area (Å²) in [6.07, 6.45) is 9.21. The lowest BCUT2D eigenvalue weighted by atomic mass is 10.00. The highest BCUT2D eigenvalue weighted by Crippen LogP contribution is 2.18. The van der Waals surface area contributed by atoms with Crippen LogP contribution in [0.25, 0.3) is 0 Å². The van der Waals surface area contributed by atoms with Crippen LogP contribution < -0.4 is 5.32 Å². The van der Waals surface area contributed by atoms with E-state index in [9.17, 15) is 4.79 Å². The minimum Gasteiger partial charge on any atom is -0.350 e. The smallest absolute Gasteiger partial charge is 0.237 e. The first-order valence-corrected chi connectivity index (χ1v) is 7.82. The molecule has 0 saturated carbocycles. The van der Waals surface area contributed by atoms with Crippen molar-refractivity contribution in [2.75, 3.05) is 13.1 Å². The van der Waals surface area contributed by atoms with Crippen LogP contribution in [0.5, 0.6) is 0 Å². The van der Waals surface area contributed by atoms with Gasteiger partial charge in [0.15, 0.2) is 0 Å². The number of hydrogen-bond acceptors (Lipinski definition) is 3. The van der Waals surface area contributed by atoms with Crippen molar-refractivity contribution < 1.29 is 4.79 Å². The number of fused-ring (bicyclic) bond motifs is 1. The molecule has 1 saturated heterocycles. The maximum absolute atomic E-state index is 12.5. The number of rotatable bonds is 3. The van der Waals surface area contributed by atoms with Crippen LogP contribution in [0.3, 0.4) is 0 Å². The molecule has 110 valence electrons. The molecular formula is C15H24N4O.